The van der Waals surface area contributed by atoms with Gasteiger partial charge < -0.3 is 0 Å². The summed E-state index contributed by atoms with van der Waals surface area (Å²) in [6.45, 7) is 4.07. The second-order valence-corrected chi connectivity index (χ2v) is 11.4. The monoisotopic (exact) mass is 462 g/mol. The fourth-order valence-corrected chi connectivity index (χ4v) is 7.76. The van der Waals surface area contributed by atoms with Crippen molar-refractivity contribution in [3.05, 3.63) is 132 Å². The van der Waals surface area contributed by atoms with Gasteiger partial charge >= 0.3 is 0 Å². The van der Waals surface area contributed by atoms with Crippen molar-refractivity contribution in [1.82, 2.24) is 14.8 Å². The van der Waals surface area contributed by atoms with Crippen molar-refractivity contribution in [1.29, 1.82) is 0 Å². The molecule has 0 spiro atoms. The molecule has 3 aromatic carbocycles. The zero-order valence-electron chi connectivity index (χ0n) is 19.4. The van der Waals surface area contributed by atoms with Crippen LogP contribution in [0.1, 0.15) is 17.1 Å². The van der Waals surface area contributed by atoms with Crippen LogP contribution >= 0.6 is 7.05 Å². The minimum absolute atomic E-state index is 0.725. The van der Waals surface area contributed by atoms with Crippen LogP contribution in [-0.4, -0.2) is 14.8 Å². The molecule has 0 fully saturated rings. The highest BCUT2D eigenvalue weighted by atomic mass is 31.2. The lowest BCUT2D eigenvalue weighted by Crippen LogP contribution is -2.18. The van der Waals surface area contributed by atoms with Gasteiger partial charge in [0.05, 0.1) is 11.4 Å². The fourth-order valence-electron chi connectivity index (χ4n) is 4.29. The van der Waals surface area contributed by atoms with Gasteiger partial charge in [0.2, 0.25) is 0 Å². The van der Waals surface area contributed by atoms with Crippen molar-refractivity contribution >= 4 is 23.4 Å². The van der Waals surface area contributed by atoms with Crippen LogP contribution in [0.5, 0.6) is 0 Å². The highest BCUT2D eigenvalue weighted by Gasteiger charge is 2.26. The van der Waals surface area contributed by atoms with E-state index in [9.17, 15) is 0 Å². The Hall–Kier alpha value is -3.75. The summed E-state index contributed by atoms with van der Waals surface area (Å²) < 4.78 is 7.41. The Morgan fingerprint density at radius 2 is 1.29 bits per heavy atom. The fraction of sp³-hybridized carbons (Fsp3) is 0.103. The van der Waals surface area contributed by atoms with Crippen LogP contribution in [0.4, 0.5) is 5.69 Å². The summed E-state index contributed by atoms with van der Waals surface area (Å²) in [5.74, 6) is 0.835. The number of aryl methyl sites for hydroxylation is 2. The summed E-state index contributed by atoms with van der Waals surface area (Å²) >= 11 is 0. The topological polar surface area (TPSA) is 43.1 Å². The molecular weight excluding hydrogens is 435 g/mol. The lowest BCUT2D eigenvalue weighted by Gasteiger charge is -2.26. The SMILES string of the molecule is Cc1cc(C)n(-c2cccc(CP(=Nc3ccccc3)(c3ccccc3)c3ccccc3)n2)n1. The second kappa shape index (κ2) is 9.62. The molecule has 2 aromatic heterocycles. The first-order chi connectivity index (χ1) is 16.6. The maximum atomic E-state index is 5.50. The van der Waals surface area contributed by atoms with E-state index >= 15 is 0 Å². The van der Waals surface area contributed by atoms with Crippen molar-refractivity contribution in [3.8, 4) is 5.82 Å². The van der Waals surface area contributed by atoms with Crippen LogP contribution in [0, 0.1) is 13.8 Å². The molecule has 0 radical (unpaired) electrons. The molecule has 168 valence electrons. The second-order valence-electron chi connectivity index (χ2n) is 8.36. The number of aromatic nitrogens is 3. The van der Waals surface area contributed by atoms with E-state index in [1.54, 1.807) is 0 Å². The third kappa shape index (κ3) is 4.50. The Kier molecular flexibility index (Phi) is 6.24. The lowest BCUT2D eigenvalue weighted by atomic mass is 10.3. The Morgan fingerprint density at radius 3 is 1.85 bits per heavy atom. The molecule has 5 aromatic rings. The van der Waals surface area contributed by atoms with E-state index < -0.39 is 7.05 Å². The first kappa shape index (κ1) is 22.1. The summed E-state index contributed by atoms with van der Waals surface area (Å²) in [4.78, 5) is 5.06. The van der Waals surface area contributed by atoms with Crippen molar-refractivity contribution in [2.75, 3.05) is 0 Å². The van der Waals surface area contributed by atoms with Gasteiger partial charge in [-0.2, -0.15) is 5.10 Å². The van der Waals surface area contributed by atoms with E-state index in [4.69, 9.17) is 9.73 Å². The zero-order valence-corrected chi connectivity index (χ0v) is 20.3. The molecular formula is C29H27N4P. The average Bonchev–Trinajstić information content (AvgIpc) is 3.23. The maximum absolute atomic E-state index is 5.50. The van der Waals surface area contributed by atoms with E-state index in [2.05, 4.69) is 103 Å². The van der Waals surface area contributed by atoms with Crippen LogP contribution in [0.15, 0.2) is 120 Å². The van der Waals surface area contributed by atoms with E-state index in [-0.39, 0.29) is 0 Å². The predicted octanol–water partition coefficient (Wildman–Crippen LogP) is 6.57. The number of hydrogen-bond donors (Lipinski definition) is 0. The molecule has 34 heavy (non-hydrogen) atoms. The van der Waals surface area contributed by atoms with Gasteiger partial charge in [-0.05, 0) is 54.8 Å². The van der Waals surface area contributed by atoms with Crippen LogP contribution in [0.3, 0.4) is 0 Å². The van der Waals surface area contributed by atoms with Gasteiger partial charge in [0.15, 0.2) is 5.82 Å². The highest BCUT2D eigenvalue weighted by molar-refractivity contribution is 7.80. The van der Waals surface area contributed by atoms with Gasteiger partial charge in [-0.25, -0.2) is 9.67 Å². The summed E-state index contributed by atoms with van der Waals surface area (Å²) in [5.41, 5.74) is 4.05. The molecule has 0 unspecified atom stereocenters. The Balaban J connectivity index is 1.72. The summed E-state index contributed by atoms with van der Waals surface area (Å²) in [6.07, 6.45) is 0.725. The van der Waals surface area contributed by atoms with E-state index in [1.807, 2.05) is 35.9 Å². The molecule has 0 N–H and O–H groups in total. The predicted molar refractivity (Wildman–Crippen MR) is 142 cm³/mol. The van der Waals surface area contributed by atoms with Gasteiger partial charge in [0, 0.05) is 24.6 Å². The number of pyridine rings is 1. The summed E-state index contributed by atoms with van der Waals surface area (Å²) in [7, 11) is -2.23. The molecule has 4 nitrogen and oxygen atoms in total. The van der Waals surface area contributed by atoms with Gasteiger partial charge in [-0.3, -0.25) is 4.74 Å². The molecule has 0 amide bonds. The number of benzene rings is 3. The number of rotatable bonds is 6. The Labute approximate surface area is 201 Å². The normalized spacial score (nSPS) is 11.4. The Morgan fingerprint density at radius 1 is 0.706 bits per heavy atom. The molecule has 0 saturated heterocycles. The van der Waals surface area contributed by atoms with Gasteiger partial charge in [-0.15, -0.1) is 0 Å². The Bertz CT molecular complexity index is 1400. The first-order valence-electron chi connectivity index (χ1n) is 11.4. The zero-order chi connectivity index (χ0) is 23.4. The van der Waals surface area contributed by atoms with E-state index in [0.717, 1.165) is 34.7 Å². The lowest BCUT2D eigenvalue weighted by molar-refractivity contribution is 0.800. The van der Waals surface area contributed by atoms with Gasteiger partial charge in [-0.1, -0.05) is 84.9 Å². The van der Waals surface area contributed by atoms with Crippen molar-refractivity contribution in [2.24, 2.45) is 4.74 Å². The molecule has 0 bridgehead atoms. The third-order valence-electron chi connectivity index (χ3n) is 5.82. The van der Waals surface area contributed by atoms with Crippen LogP contribution < -0.4 is 10.6 Å². The van der Waals surface area contributed by atoms with Gasteiger partial charge in [0.1, 0.15) is 0 Å². The summed E-state index contributed by atoms with van der Waals surface area (Å²) in [5, 5.41) is 7.12. The molecule has 0 aliphatic carbocycles. The quantitative estimate of drug-likeness (QED) is 0.268. The molecule has 0 aliphatic rings. The van der Waals surface area contributed by atoms with Crippen molar-refractivity contribution in [2.45, 2.75) is 20.0 Å². The molecule has 5 rings (SSSR count). The average molecular weight is 463 g/mol. The molecule has 0 atom stereocenters. The minimum atomic E-state index is -2.23. The van der Waals surface area contributed by atoms with Gasteiger partial charge in [0.25, 0.3) is 0 Å². The number of nitrogens with zero attached hydrogens (tertiary/aromatic N) is 4. The maximum Gasteiger partial charge on any atom is 0.153 e. The van der Waals surface area contributed by atoms with Crippen molar-refractivity contribution < 1.29 is 0 Å². The summed E-state index contributed by atoms with van der Waals surface area (Å²) in [6, 6.07) is 39.9. The standard InChI is InChI=1S/C29H27N4P/c1-23-21-24(2)33(31-23)29-20-12-15-26(30-29)22-34(27-16-8-4-9-17-27,28-18-10-5-11-19-28)32-25-13-6-3-7-14-25/h3-21H,22H2,1-2H3. The molecule has 2 heterocycles. The van der Waals surface area contributed by atoms with E-state index in [0.29, 0.717) is 0 Å². The van der Waals surface area contributed by atoms with Crippen LogP contribution in [-0.2, 0) is 6.16 Å². The third-order valence-corrected chi connectivity index (χ3v) is 9.48. The smallest absolute Gasteiger partial charge is 0.153 e. The molecule has 5 heteroatoms. The minimum Gasteiger partial charge on any atom is -0.258 e. The van der Waals surface area contributed by atoms with Crippen molar-refractivity contribution in [3.63, 3.8) is 0 Å². The van der Waals surface area contributed by atoms with Crippen LogP contribution in [0.2, 0.25) is 0 Å². The first-order valence-corrected chi connectivity index (χ1v) is 13.3. The van der Waals surface area contributed by atoms with Crippen LogP contribution in [0.25, 0.3) is 5.82 Å². The molecule has 0 saturated carbocycles. The number of hydrogen-bond acceptors (Lipinski definition) is 3. The molecule has 0 aliphatic heterocycles. The van der Waals surface area contributed by atoms with E-state index in [1.165, 1.54) is 10.6 Å². The largest absolute Gasteiger partial charge is 0.258 e. The highest BCUT2D eigenvalue weighted by Crippen LogP contribution is 2.52.